The van der Waals surface area contributed by atoms with Crippen LogP contribution in [0.5, 0.6) is 0 Å². The smallest absolute Gasteiger partial charge is 0.149 e. The molecule has 0 aliphatic carbocycles. The number of rotatable bonds is 3. The first-order valence-corrected chi connectivity index (χ1v) is 2.85. The first kappa shape index (κ1) is 8.82. The van der Waals surface area contributed by atoms with Gasteiger partial charge in [-0.15, -0.1) is 0 Å². The minimum Gasteiger partial charge on any atom is -0.298 e. The second-order valence-corrected chi connectivity index (χ2v) is 1.64. The fourth-order valence-corrected chi connectivity index (χ4v) is 0.404. The van der Waals surface area contributed by atoms with Crippen LogP contribution in [0.2, 0.25) is 0 Å². The van der Waals surface area contributed by atoms with Crippen LogP contribution in [0.15, 0.2) is 36.2 Å². The summed E-state index contributed by atoms with van der Waals surface area (Å²) in [5.74, 6) is -0.500. The Kier molecular flexibility index (Phi) is 4.12. The van der Waals surface area contributed by atoms with Crippen LogP contribution in [0, 0.1) is 0 Å². The second-order valence-electron chi connectivity index (χ2n) is 1.64. The highest BCUT2D eigenvalue weighted by Gasteiger charge is 1.89. The van der Waals surface area contributed by atoms with E-state index in [0.29, 0.717) is 11.9 Å². The van der Waals surface area contributed by atoms with Gasteiger partial charge in [0, 0.05) is 5.57 Å². The van der Waals surface area contributed by atoms with Gasteiger partial charge in [-0.3, -0.25) is 4.79 Å². The molecule has 2 heteroatoms. The Balaban J connectivity index is 4.36. The van der Waals surface area contributed by atoms with Gasteiger partial charge >= 0.3 is 0 Å². The van der Waals surface area contributed by atoms with E-state index in [4.69, 9.17) is 0 Å². The number of aldehydes is 1. The largest absolute Gasteiger partial charge is 0.298 e. The van der Waals surface area contributed by atoms with Gasteiger partial charge in [0.25, 0.3) is 0 Å². The molecule has 0 unspecified atom stereocenters. The topological polar surface area (TPSA) is 17.1 Å². The Morgan fingerprint density at radius 3 is 2.50 bits per heavy atom. The molecule has 10 heavy (non-hydrogen) atoms. The molecule has 0 rings (SSSR count). The fraction of sp³-hybridized carbons (Fsp3) is 0.125. The Hall–Kier alpha value is -1.18. The zero-order chi connectivity index (χ0) is 7.98. The highest BCUT2D eigenvalue weighted by Crippen LogP contribution is 2.01. The molecule has 54 valence electrons. The average Bonchev–Trinajstić information content (AvgIpc) is 1.99. The van der Waals surface area contributed by atoms with Crippen molar-refractivity contribution in [3.63, 3.8) is 0 Å². The lowest BCUT2D eigenvalue weighted by molar-refractivity contribution is -0.104. The summed E-state index contributed by atoms with van der Waals surface area (Å²) in [5, 5.41) is 0. The standard InChI is InChI=1S/C8H9FO/c1-3-7(6-10)5-8(9)4-2/h3-6H,2H2,1H3/b7-3+,8-5+. The predicted octanol–water partition coefficient (Wildman–Crippen LogP) is 2.17. The van der Waals surface area contributed by atoms with Crippen molar-refractivity contribution in [3.8, 4) is 0 Å². The van der Waals surface area contributed by atoms with Crippen LogP contribution in [-0.4, -0.2) is 6.29 Å². The summed E-state index contributed by atoms with van der Waals surface area (Å²) in [6, 6.07) is 0. The maximum atomic E-state index is 12.3. The van der Waals surface area contributed by atoms with Crippen molar-refractivity contribution in [2.24, 2.45) is 0 Å². The van der Waals surface area contributed by atoms with Crippen LogP contribution in [0.25, 0.3) is 0 Å². The quantitative estimate of drug-likeness (QED) is 0.333. The van der Waals surface area contributed by atoms with Crippen LogP contribution in [0.3, 0.4) is 0 Å². The summed E-state index contributed by atoms with van der Waals surface area (Å²) in [6.45, 7) is 4.86. The van der Waals surface area contributed by atoms with E-state index in [0.717, 1.165) is 12.2 Å². The number of hydrogen-bond acceptors (Lipinski definition) is 1. The molecule has 0 amide bonds. The number of carbonyl (C=O) groups is 1. The van der Waals surface area contributed by atoms with E-state index >= 15 is 0 Å². The third kappa shape index (κ3) is 2.97. The first-order chi connectivity index (χ1) is 4.74. The zero-order valence-electron chi connectivity index (χ0n) is 5.80. The fourth-order valence-electron chi connectivity index (χ4n) is 0.404. The number of halogens is 1. The molecule has 0 aliphatic heterocycles. The molecule has 0 spiro atoms. The maximum Gasteiger partial charge on any atom is 0.149 e. The molecule has 0 heterocycles. The monoisotopic (exact) mass is 140 g/mol. The second kappa shape index (κ2) is 4.68. The summed E-state index contributed by atoms with van der Waals surface area (Å²) in [4.78, 5) is 10.1. The highest BCUT2D eigenvalue weighted by molar-refractivity contribution is 5.77. The SMILES string of the molecule is C=C/C(F)=C\C(C=O)=C/C. The maximum absolute atomic E-state index is 12.3. The molecule has 0 radical (unpaired) electrons. The Bertz CT molecular complexity index is 189. The molecule has 0 aromatic carbocycles. The van der Waals surface area contributed by atoms with Crippen LogP contribution in [0.4, 0.5) is 4.39 Å². The highest BCUT2D eigenvalue weighted by atomic mass is 19.1. The minimum atomic E-state index is -0.500. The van der Waals surface area contributed by atoms with Crippen molar-refractivity contribution in [1.82, 2.24) is 0 Å². The molecule has 0 N–H and O–H groups in total. The lowest BCUT2D eigenvalue weighted by Gasteiger charge is -1.86. The first-order valence-electron chi connectivity index (χ1n) is 2.85. The molecule has 0 aliphatic rings. The summed E-state index contributed by atoms with van der Waals surface area (Å²) in [7, 11) is 0. The molecule has 0 aromatic heterocycles. The van der Waals surface area contributed by atoms with Gasteiger partial charge < -0.3 is 0 Å². The third-order valence-corrected chi connectivity index (χ3v) is 0.969. The van der Waals surface area contributed by atoms with E-state index in [1.165, 1.54) is 6.08 Å². The molecule has 0 saturated heterocycles. The lowest BCUT2D eigenvalue weighted by atomic mass is 10.2. The van der Waals surface area contributed by atoms with Crippen molar-refractivity contribution in [1.29, 1.82) is 0 Å². The van der Waals surface area contributed by atoms with Gasteiger partial charge in [0.1, 0.15) is 12.1 Å². The molecule has 0 atom stereocenters. The van der Waals surface area contributed by atoms with E-state index in [1.807, 2.05) is 0 Å². The number of carbonyl (C=O) groups excluding carboxylic acids is 1. The van der Waals surface area contributed by atoms with Gasteiger partial charge in [-0.05, 0) is 19.1 Å². The summed E-state index contributed by atoms with van der Waals surface area (Å²) < 4.78 is 12.3. The van der Waals surface area contributed by atoms with Crippen LogP contribution in [0.1, 0.15) is 6.92 Å². The van der Waals surface area contributed by atoms with Gasteiger partial charge in [-0.2, -0.15) is 0 Å². The molecular weight excluding hydrogens is 131 g/mol. The van der Waals surface area contributed by atoms with Crippen LogP contribution < -0.4 is 0 Å². The van der Waals surface area contributed by atoms with E-state index in [1.54, 1.807) is 6.92 Å². The molecule has 0 saturated carbocycles. The van der Waals surface area contributed by atoms with E-state index < -0.39 is 5.83 Å². The van der Waals surface area contributed by atoms with Crippen molar-refractivity contribution in [3.05, 3.63) is 36.2 Å². The van der Waals surface area contributed by atoms with Crippen LogP contribution in [-0.2, 0) is 4.79 Å². The lowest BCUT2D eigenvalue weighted by Crippen LogP contribution is -1.77. The Labute approximate surface area is 59.6 Å². The molecule has 0 aromatic rings. The van der Waals surface area contributed by atoms with Crippen molar-refractivity contribution >= 4 is 6.29 Å². The minimum absolute atomic E-state index is 0.317. The normalized spacial score (nSPS) is 13.0. The summed E-state index contributed by atoms with van der Waals surface area (Å²) >= 11 is 0. The van der Waals surface area contributed by atoms with E-state index in [9.17, 15) is 9.18 Å². The van der Waals surface area contributed by atoms with Gasteiger partial charge in [0.05, 0.1) is 0 Å². The van der Waals surface area contributed by atoms with Gasteiger partial charge in [0.15, 0.2) is 0 Å². The van der Waals surface area contributed by atoms with Gasteiger partial charge in [0.2, 0.25) is 0 Å². The predicted molar refractivity (Wildman–Crippen MR) is 39.2 cm³/mol. The Morgan fingerprint density at radius 2 is 2.20 bits per heavy atom. The van der Waals surface area contributed by atoms with E-state index in [2.05, 4.69) is 6.58 Å². The molecule has 0 fully saturated rings. The Morgan fingerprint density at radius 1 is 1.60 bits per heavy atom. The zero-order valence-corrected chi connectivity index (χ0v) is 5.80. The van der Waals surface area contributed by atoms with Crippen molar-refractivity contribution in [2.45, 2.75) is 6.92 Å². The molecular formula is C8H9FO. The van der Waals surface area contributed by atoms with Crippen molar-refractivity contribution < 1.29 is 9.18 Å². The van der Waals surface area contributed by atoms with Gasteiger partial charge in [-0.25, -0.2) is 4.39 Å². The van der Waals surface area contributed by atoms with Crippen LogP contribution >= 0.6 is 0 Å². The van der Waals surface area contributed by atoms with E-state index in [-0.39, 0.29) is 0 Å². The average molecular weight is 140 g/mol. The number of hydrogen-bond donors (Lipinski definition) is 0. The molecule has 1 nitrogen and oxygen atoms in total. The van der Waals surface area contributed by atoms with Gasteiger partial charge in [-0.1, -0.05) is 12.7 Å². The summed E-state index contributed by atoms with van der Waals surface area (Å²) in [5.41, 5.74) is 0.317. The summed E-state index contributed by atoms with van der Waals surface area (Å²) in [6.07, 6.45) is 4.28. The van der Waals surface area contributed by atoms with Crippen molar-refractivity contribution in [2.75, 3.05) is 0 Å². The third-order valence-electron chi connectivity index (χ3n) is 0.969. The number of allylic oxidation sites excluding steroid dienone is 5. The molecule has 0 bridgehead atoms.